The fourth-order valence-electron chi connectivity index (χ4n) is 0.898. The topological polar surface area (TPSA) is 34.1 Å². The maximum Gasteiger partial charge on any atom is 0.168 e. The molecule has 1 aromatic rings. The molecular formula is C8H9O2S. The first kappa shape index (κ1) is 8.27. The Hall–Kier alpha value is -0.830. The van der Waals surface area contributed by atoms with Crippen LogP contribution in [0.15, 0.2) is 29.2 Å². The molecule has 0 fully saturated rings. The lowest BCUT2D eigenvalue weighted by Crippen LogP contribution is -1.86. The van der Waals surface area contributed by atoms with Crippen molar-refractivity contribution in [2.45, 2.75) is 11.8 Å². The second kappa shape index (κ2) is 3.53. The van der Waals surface area contributed by atoms with Gasteiger partial charge in [0, 0.05) is 0 Å². The zero-order valence-corrected chi connectivity index (χ0v) is 7.04. The molecule has 3 heteroatoms. The molecular weight excluding hydrogens is 160 g/mol. The van der Waals surface area contributed by atoms with Gasteiger partial charge in [0.15, 0.2) is 10.7 Å². The Morgan fingerprint density at radius 2 is 1.91 bits per heavy atom. The standard InChI is InChI=1S/C8H9O2S/c1-2-7-5-3-4-6-8(7)11(9)10/h2-6,11H,1H3. The van der Waals surface area contributed by atoms with Crippen LogP contribution in [0.3, 0.4) is 0 Å². The van der Waals surface area contributed by atoms with Crippen molar-refractivity contribution in [2.24, 2.45) is 0 Å². The van der Waals surface area contributed by atoms with E-state index >= 15 is 0 Å². The summed E-state index contributed by atoms with van der Waals surface area (Å²) in [5.41, 5.74) is 0.767. The number of benzene rings is 1. The lowest BCUT2D eigenvalue weighted by molar-refractivity contribution is 0.614. The van der Waals surface area contributed by atoms with Gasteiger partial charge in [-0.1, -0.05) is 25.1 Å². The van der Waals surface area contributed by atoms with Gasteiger partial charge in [0.05, 0.1) is 4.90 Å². The fraction of sp³-hybridized carbons (Fsp3) is 0.125. The number of hydrogen-bond acceptors (Lipinski definition) is 2. The zero-order chi connectivity index (χ0) is 8.27. The maximum atomic E-state index is 10.6. The van der Waals surface area contributed by atoms with E-state index in [1.54, 1.807) is 24.6 Å². The van der Waals surface area contributed by atoms with E-state index in [0.717, 1.165) is 5.56 Å². The van der Waals surface area contributed by atoms with Crippen LogP contribution in [0, 0.1) is 6.42 Å². The van der Waals surface area contributed by atoms with Crippen LogP contribution >= 0.6 is 0 Å². The molecule has 1 aromatic carbocycles. The quantitative estimate of drug-likeness (QED) is 0.676. The fourth-order valence-corrected chi connectivity index (χ4v) is 1.52. The second-order valence-corrected chi connectivity index (χ2v) is 3.10. The van der Waals surface area contributed by atoms with Crippen LogP contribution in [-0.4, -0.2) is 8.42 Å². The van der Waals surface area contributed by atoms with Crippen molar-refractivity contribution in [2.75, 3.05) is 0 Å². The summed E-state index contributed by atoms with van der Waals surface area (Å²) in [7, 11) is -2.45. The summed E-state index contributed by atoms with van der Waals surface area (Å²) in [5, 5.41) is 0. The highest BCUT2D eigenvalue weighted by atomic mass is 32.2. The molecule has 0 N–H and O–H groups in total. The van der Waals surface area contributed by atoms with Gasteiger partial charge >= 0.3 is 0 Å². The minimum atomic E-state index is -2.45. The van der Waals surface area contributed by atoms with Gasteiger partial charge in [0.2, 0.25) is 0 Å². The first-order valence-electron chi connectivity index (χ1n) is 3.28. The first-order valence-corrected chi connectivity index (χ1v) is 4.46. The van der Waals surface area contributed by atoms with Gasteiger partial charge in [0.25, 0.3) is 0 Å². The van der Waals surface area contributed by atoms with Gasteiger partial charge < -0.3 is 0 Å². The van der Waals surface area contributed by atoms with Crippen molar-refractivity contribution < 1.29 is 8.42 Å². The first-order chi connectivity index (χ1) is 5.25. The SMILES string of the molecule is C[CH]c1ccccc1[SH](=O)=O. The van der Waals surface area contributed by atoms with Crippen LogP contribution in [0.5, 0.6) is 0 Å². The van der Waals surface area contributed by atoms with Gasteiger partial charge in [-0.2, -0.15) is 0 Å². The summed E-state index contributed by atoms with van der Waals surface area (Å²) < 4.78 is 21.2. The van der Waals surface area contributed by atoms with Crippen LogP contribution in [-0.2, 0) is 10.7 Å². The van der Waals surface area contributed by atoms with Gasteiger partial charge in [-0.15, -0.1) is 0 Å². The Morgan fingerprint density at radius 1 is 1.27 bits per heavy atom. The summed E-state index contributed by atoms with van der Waals surface area (Å²) in [4.78, 5) is 0.394. The lowest BCUT2D eigenvalue weighted by Gasteiger charge is -1.97. The van der Waals surface area contributed by atoms with Gasteiger partial charge in [-0.25, -0.2) is 8.42 Å². The summed E-state index contributed by atoms with van der Waals surface area (Å²) in [5.74, 6) is 0. The van der Waals surface area contributed by atoms with Crippen LogP contribution in [0.1, 0.15) is 12.5 Å². The van der Waals surface area contributed by atoms with E-state index in [2.05, 4.69) is 0 Å². The van der Waals surface area contributed by atoms with E-state index in [0.29, 0.717) is 4.90 Å². The third kappa shape index (κ3) is 1.80. The number of hydrogen-bond donors (Lipinski definition) is 1. The van der Waals surface area contributed by atoms with Gasteiger partial charge in [-0.05, 0) is 18.1 Å². The molecule has 0 aromatic heterocycles. The minimum absolute atomic E-state index is 0.394. The molecule has 0 bridgehead atoms. The smallest absolute Gasteiger partial charge is 0.168 e. The van der Waals surface area contributed by atoms with Crippen molar-refractivity contribution in [3.8, 4) is 0 Å². The molecule has 0 saturated heterocycles. The Morgan fingerprint density at radius 3 is 2.36 bits per heavy atom. The molecule has 0 aliphatic heterocycles. The molecule has 0 atom stereocenters. The molecule has 0 heterocycles. The summed E-state index contributed by atoms with van der Waals surface area (Å²) in [6.07, 6.45) is 1.78. The molecule has 59 valence electrons. The van der Waals surface area contributed by atoms with Crippen LogP contribution < -0.4 is 0 Å². The van der Waals surface area contributed by atoms with E-state index < -0.39 is 10.7 Å². The van der Waals surface area contributed by atoms with E-state index in [9.17, 15) is 8.42 Å². The van der Waals surface area contributed by atoms with Crippen molar-refractivity contribution >= 4 is 10.7 Å². The van der Waals surface area contributed by atoms with Crippen molar-refractivity contribution in [3.63, 3.8) is 0 Å². The monoisotopic (exact) mass is 169 g/mol. The molecule has 0 saturated carbocycles. The van der Waals surface area contributed by atoms with E-state index in [1.807, 2.05) is 13.0 Å². The molecule has 1 radical (unpaired) electrons. The summed E-state index contributed by atoms with van der Waals surface area (Å²) in [6, 6.07) is 6.91. The predicted octanol–water partition coefficient (Wildman–Crippen LogP) is 1.23. The average molecular weight is 169 g/mol. The van der Waals surface area contributed by atoms with Crippen molar-refractivity contribution in [3.05, 3.63) is 36.2 Å². The van der Waals surface area contributed by atoms with Gasteiger partial charge in [-0.3, -0.25) is 0 Å². The molecule has 1 rings (SSSR count). The third-order valence-corrected chi connectivity index (χ3v) is 2.25. The van der Waals surface area contributed by atoms with Crippen molar-refractivity contribution in [1.29, 1.82) is 0 Å². The number of thiol groups is 1. The Labute approximate surface area is 67.8 Å². The van der Waals surface area contributed by atoms with Crippen LogP contribution in [0.25, 0.3) is 0 Å². The van der Waals surface area contributed by atoms with Crippen molar-refractivity contribution in [1.82, 2.24) is 0 Å². The van der Waals surface area contributed by atoms with Crippen LogP contribution in [0.4, 0.5) is 0 Å². The zero-order valence-electron chi connectivity index (χ0n) is 6.15. The number of rotatable bonds is 2. The average Bonchev–Trinajstić information content (AvgIpc) is 2.04. The van der Waals surface area contributed by atoms with E-state index in [4.69, 9.17) is 0 Å². The largest absolute Gasteiger partial charge is 0.227 e. The molecule has 0 spiro atoms. The molecule has 0 aliphatic carbocycles. The predicted molar refractivity (Wildman–Crippen MR) is 44.1 cm³/mol. The van der Waals surface area contributed by atoms with E-state index in [-0.39, 0.29) is 0 Å². The molecule has 2 nitrogen and oxygen atoms in total. The third-order valence-electron chi connectivity index (χ3n) is 1.44. The second-order valence-electron chi connectivity index (χ2n) is 2.10. The van der Waals surface area contributed by atoms with E-state index in [1.165, 1.54) is 0 Å². The highest BCUT2D eigenvalue weighted by molar-refractivity contribution is 7.72. The Bertz CT molecular complexity index is 308. The minimum Gasteiger partial charge on any atom is -0.227 e. The Balaban J connectivity index is 3.23. The molecule has 0 unspecified atom stereocenters. The highest BCUT2D eigenvalue weighted by Gasteiger charge is 1.99. The van der Waals surface area contributed by atoms with Crippen LogP contribution in [0.2, 0.25) is 0 Å². The summed E-state index contributed by atoms with van der Waals surface area (Å²) >= 11 is 0. The van der Waals surface area contributed by atoms with Gasteiger partial charge in [0.1, 0.15) is 0 Å². The maximum absolute atomic E-state index is 10.6. The highest BCUT2D eigenvalue weighted by Crippen LogP contribution is 2.11. The molecule has 0 amide bonds. The normalized spacial score (nSPS) is 10.4. The molecule has 11 heavy (non-hydrogen) atoms. The molecule has 0 aliphatic rings. The summed E-state index contributed by atoms with van der Waals surface area (Å²) in [6.45, 7) is 1.82. The lowest BCUT2D eigenvalue weighted by atomic mass is 10.2. The Kier molecular flexibility index (Phi) is 2.65.